The molecule has 31 heavy (non-hydrogen) atoms. The van der Waals surface area contributed by atoms with Gasteiger partial charge in [0, 0.05) is 35.7 Å². The molecule has 2 N–H and O–H groups in total. The van der Waals surface area contributed by atoms with Crippen LogP contribution in [-0.4, -0.2) is 24.2 Å². The molecule has 1 fully saturated rings. The van der Waals surface area contributed by atoms with Crippen molar-refractivity contribution in [3.63, 3.8) is 0 Å². The molecule has 0 spiro atoms. The molecule has 3 rings (SSSR count). The molecular formula is C25H30N2O4. The highest BCUT2D eigenvalue weighted by Gasteiger charge is 2.29. The number of carbonyl (C=O) groups is 3. The van der Waals surface area contributed by atoms with Gasteiger partial charge in [-0.05, 0) is 67.8 Å². The molecule has 1 saturated carbocycles. The van der Waals surface area contributed by atoms with Gasteiger partial charge < -0.3 is 15.4 Å². The van der Waals surface area contributed by atoms with E-state index in [1.165, 1.54) is 0 Å². The monoisotopic (exact) mass is 422 g/mol. The van der Waals surface area contributed by atoms with Crippen LogP contribution in [0.4, 0.5) is 11.4 Å². The van der Waals surface area contributed by atoms with Crippen molar-refractivity contribution in [3.8, 4) is 5.75 Å². The summed E-state index contributed by atoms with van der Waals surface area (Å²) in [5, 5.41) is 5.64. The van der Waals surface area contributed by atoms with E-state index in [2.05, 4.69) is 17.6 Å². The Bertz CT molecular complexity index is 887. The molecule has 0 unspecified atom stereocenters. The number of hydrogen-bond acceptors (Lipinski definition) is 4. The van der Waals surface area contributed by atoms with Crippen LogP contribution in [0.3, 0.4) is 0 Å². The lowest BCUT2D eigenvalue weighted by molar-refractivity contribution is -0.117. The van der Waals surface area contributed by atoms with E-state index >= 15 is 0 Å². The number of anilines is 2. The Balaban J connectivity index is 1.39. The van der Waals surface area contributed by atoms with Crippen LogP contribution in [0, 0.1) is 5.92 Å². The van der Waals surface area contributed by atoms with E-state index < -0.39 is 0 Å². The summed E-state index contributed by atoms with van der Waals surface area (Å²) < 4.78 is 5.65. The Morgan fingerprint density at radius 2 is 1.52 bits per heavy atom. The van der Waals surface area contributed by atoms with Gasteiger partial charge in [-0.1, -0.05) is 19.8 Å². The minimum absolute atomic E-state index is 0.0476. The number of amides is 2. The maximum Gasteiger partial charge on any atom is 0.227 e. The third kappa shape index (κ3) is 7.55. The van der Waals surface area contributed by atoms with Crippen LogP contribution in [0.5, 0.6) is 5.75 Å². The van der Waals surface area contributed by atoms with Crippen molar-refractivity contribution in [2.75, 3.05) is 17.2 Å². The van der Waals surface area contributed by atoms with E-state index in [-0.39, 0.29) is 36.4 Å². The number of ketones is 1. The number of unbranched alkanes of at least 4 members (excludes halogenated alkanes) is 2. The van der Waals surface area contributed by atoms with Gasteiger partial charge in [-0.25, -0.2) is 0 Å². The fourth-order valence-electron chi connectivity index (χ4n) is 3.10. The van der Waals surface area contributed by atoms with Crippen LogP contribution >= 0.6 is 0 Å². The lowest BCUT2D eigenvalue weighted by Crippen LogP contribution is -2.14. The Morgan fingerprint density at radius 3 is 2.13 bits per heavy atom. The SMILES string of the molecule is CCCCCOc1ccc(C(=O)CCC(=O)Nc2ccc(NC(=O)C3CC3)cc2)cc1. The molecule has 6 nitrogen and oxygen atoms in total. The van der Waals surface area contributed by atoms with Gasteiger partial charge in [0.2, 0.25) is 11.8 Å². The van der Waals surface area contributed by atoms with Crippen LogP contribution in [-0.2, 0) is 9.59 Å². The van der Waals surface area contributed by atoms with E-state index in [9.17, 15) is 14.4 Å². The number of hydrogen-bond donors (Lipinski definition) is 2. The molecule has 0 aliphatic heterocycles. The molecule has 2 amide bonds. The highest BCUT2D eigenvalue weighted by Crippen LogP contribution is 2.30. The molecular weight excluding hydrogens is 392 g/mol. The van der Waals surface area contributed by atoms with Gasteiger partial charge in [0.25, 0.3) is 0 Å². The summed E-state index contributed by atoms with van der Waals surface area (Å²) in [6.07, 6.45) is 5.45. The summed E-state index contributed by atoms with van der Waals surface area (Å²) in [4.78, 5) is 36.3. The zero-order chi connectivity index (χ0) is 22.1. The quantitative estimate of drug-likeness (QED) is 0.363. The second kappa shape index (κ2) is 11.3. The molecule has 0 aromatic heterocycles. The smallest absolute Gasteiger partial charge is 0.227 e. The first-order chi connectivity index (χ1) is 15.0. The standard InChI is InChI=1S/C25H30N2O4/c1-2-3-4-17-31-22-13-7-18(8-14-22)23(28)15-16-24(29)26-20-9-11-21(12-10-20)27-25(30)19-5-6-19/h7-14,19H,2-6,15-17H2,1H3,(H,26,29)(H,27,30). The lowest BCUT2D eigenvalue weighted by atomic mass is 10.1. The number of carbonyl (C=O) groups excluding carboxylic acids is 3. The van der Waals surface area contributed by atoms with Gasteiger partial charge in [-0.3, -0.25) is 14.4 Å². The summed E-state index contributed by atoms with van der Waals surface area (Å²) in [7, 11) is 0. The summed E-state index contributed by atoms with van der Waals surface area (Å²) >= 11 is 0. The second-order valence-electron chi connectivity index (χ2n) is 7.89. The first-order valence-electron chi connectivity index (χ1n) is 11.0. The number of Topliss-reactive ketones (excluding diaryl/α,β-unsaturated/α-hetero) is 1. The Labute approximate surface area is 183 Å². The highest BCUT2D eigenvalue weighted by atomic mass is 16.5. The van der Waals surface area contributed by atoms with E-state index in [0.29, 0.717) is 23.5 Å². The second-order valence-corrected chi connectivity index (χ2v) is 7.89. The van der Waals surface area contributed by atoms with E-state index in [4.69, 9.17) is 4.74 Å². The molecule has 0 radical (unpaired) electrons. The van der Waals surface area contributed by atoms with Gasteiger partial charge in [0.15, 0.2) is 5.78 Å². The predicted octanol–water partition coefficient (Wildman–Crippen LogP) is 5.21. The fraction of sp³-hybridized carbons (Fsp3) is 0.400. The molecule has 6 heteroatoms. The average molecular weight is 423 g/mol. The Morgan fingerprint density at radius 1 is 0.871 bits per heavy atom. The normalized spacial score (nSPS) is 12.8. The Hall–Kier alpha value is -3.15. The Kier molecular flexibility index (Phi) is 8.21. The maximum absolute atomic E-state index is 12.4. The number of rotatable bonds is 12. The molecule has 0 bridgehead atoms. The van der Waals surface area contributed by atoms with Crippen molar-refractivity contribution in [2.24, 2.45) is 5.92 Å². The number of ether oxygens (including phenoxy) is 1. The minimum Gasteiger partial charge on any atom is -0.494 e. The van der Waals surface area contributed by atoms with Crippen LogP contribution in [0.1, 0.15) is 62.2 Å². The molecule has 1 aliphatic carbocycles. The molecule has 1 aliphatic rings. The van der Waals surface area contributed by atoms with Crippen LogP contribution in [0.2, 0.25) is 0 Å². The highest BCUT2D eigenvalue weighted by molar-refractivity contribution is 6.00. The van der Waals surface area contributed by atoms with Crippen LogP contribution < -0.4 is 15.4 Å². The molecule has 0 atom stereocenters. The number of benzene rings is 2. The van der Waals surface area contributed by atoms with Crippen molar-refractivity contribution in [1.82, 2.24) is 0 Å². The predicted molar refractivity (Wildman–Crippen MR) is 121 cm³/mol. The van der Waals surface area contributed by atoms with E-state index in [1.54, 1.807) is 48.5 Å². The summed E-state index contributed by atoms with van der Waals surface area (Å²) in [5.41, 5.74) is 1.92. The van der Waals surface area contributed by atoms with Crippen LogP contribution in [0.15, 0.2) is 48.5 Å². The van der Waals surface area contributed by atoms with E-state index in [1.807, 2.05) is 0 Å². The zero-order valence-corrected chi connectivity index (χ0v) is 18.0. The molecule has 164 valence electrons. The van der Waals surface area contributed by atoms with Gasteiger partial charge in [-0.15, -0.1) is 0 Å². The summed E-state index contributed by atoms with van der Waals surface area (Å²) in [6, 6.07) is 14.1. The van der Waals surface area contributed by atoms with Crippen molar-refractivity contribution >= 4 is 29.0 Å². The zero-order valence-electron chi connectivity index (χ0n) is 18.0. The maximum atomic E-state index is 12.4. The van der Waals surface area contributed by atoms with Gasteiger partial charge in [0.05, 0.1) is 6.61 Å². The minimum atomic E-state index is -0.223. The molecule has 0 saturated heterocycles. The topological polar surface area (TPSA) is 84.5 Å². The van der Waals surface area contributed by atoms with Crippen molar-refractivity contribution in [1.29, 1.82) is 0 Å². The van der Waals surface area contributed by atoms with Crippen molar-refractivity contribution < 1.29 is 19.1 Å². The first-order valence-corrected chi connectivity index (χ1v) is 11.0. The fourth-order valence-corrected chi connectivity index (χ4v) is 3.10. The van der Waals surface area contributed by atoms with Crippen molar-refractivity contribution in [3.05, 3.63) is 54.1 Å². The van der Waals surface area contributed by atoms with Crippen LogP contribution in [0.25, 0.3) is 0 Å². The summed E-state index contributed by atoms with van der Waals surface area (Å²) in [6.45, 7) is 2.82. The van der Waals surface area contributed by atoms with E-state index in [0.717, 1.165) is 37.9 Å². The average Bonchev–Trinajstić information content (AvgIpc) is 3.62. The molecule has 2 aromatic carbocycles. The third-order valence-electron chi connectivity index (χ3n) is 5.16. The third-order valence-corrected chi connectivity index (χ3v) is 5.16. The molecule has 2 aromatic rings. The van der Waals surface area contributed by atoms with Gasteiger partial charge >= 0.3 is 0 Å². The van der Waals surface area contributed by atoms with Gasteiger partial charge in [0.1, 0.15) is 5.75 Å². The van der Waals surface area contributed by atoms with Gasteiger partial charge in [-0.2, -0.15) is 0 Å². The largest absolute Gasteiger partial charge is 0.494 e. The summed E-state index contributed by atoms with van der Waals surface area (Å²) in [5.74, 6) is 0.643. The first kappa shape index (κ1) is 22.5. The number of nitrogens with one attached hydrogen (secondary N) is 2. The molecule has 0 heterocycles. The lowest BCUT2D eigenvalue weighted by Gasteiger charge is -2.08. The van der Waals surface area contributed by atoms with Crippen molar-refractivity contribution in [2.45, 2.75) is 51.9 Å².